The minimum atomic E-state index is -0.0929. The minimum absolute atomic E-state index is 0.0929. The van der Waals surface area contributed by atoms with Gasteiger partial charge in [0.1, 0.15) is 0 Å². The Balaban J connectivity index is 1.73. The van der Waals surface area contributed by atoms with Crippen LogP contribution < -0.4 is 5.32 Å². The van der Waals surface area contributed by atoms with Crippen LogP contribution in [0.1, 0.15) is 35.2 Å². The molecule has 1 aromatic rings. The van der Waals surface area contributed by atoms with Crippen LogP contribution in [0.25, 0.3) is 0 Å². The summed E-state index contributed by atoms with van der Waals surface area (Å²) in [6.45, 7) is 2.15. The molecule has 5 heteroatoms. The van der Waals surface area contributed by atoms with Gasteiger partial charge in [-0.15, -0.1) is 11.6 Å². The molecule has 1 N–H and O–H groups in total. The number of nitrogens with one attached hydrogen (secondary N) is 1. The van der Waals surface area contributed by atoms with Gasteiger partial charge in [-0.05, 0) is 30.5 Å². The molecular weight excluding hydrogens is 276 g/mol. The molecule has 0 bridgehead atoms. The summed E-state index contributed by atoms with van der Waals surface area (Å²) in [5.74, 6) is 0.536. The number of nitrogens with zero attached hydrogens (tertiary/aromatic N) is 1. The number of halogens is 1. The van der Waals surface area contributed by atoms with E-state index in [1.807, 2.05) is 17.0 Å². The second-order valence-electron chi connectivity index (χ2n) is 4.93. The first-order chi connectivity index (χ1) is 9.70. The van der Waals surface area contributed by atoms with E-state index in [1.54, 1.807) is 12.1 Å². The molecule has 2 rings (SSSR count). The van der Waals surface area contributed by atoms with Gasteiger partial charge in [0.15, 0.2) is 0 Å². The molecule has 2 amide bonds. The topological polar surface area (TPSA) is 49.4 Å². The van der Waals surface area contributed by atoms with Crippen molar-refractivity contribution in [3.05, 3.63) is 35.4 Å². The van der Waals surface area contributed by atoms with E-state index in [4.69, 9.17) is 11.6 Å². The molecule has 1 aromatic carbocycles. The Labute approximate surface area is 124 Å². The molecule has 1 aliphatic heterocycles. The molecule has 0 unspecified atom stereocenters. The number of likely N-dealkylation sites (tertiary alicyclic amines) is 1. The van der Waals surface area contributed by atoms with Gasteiger partial charge in [-0.1, -0.05) is 12.1 Å². The maximum atomic E-state index is 11.9. The summed E-state index contributed by atoms with van der Waals surface area (Å²) in [4.78, 5) is 25.2. The van der Waals surface area contributed by atoms with Crippen molar-refractivity contribution in [2.24, 2.45) is 0 Å². The lowest BCUT2D eigenvalue weighted by atomic mass is 10.1. The molecule has 0 aliphatic carbocycles. The molecule has 20 heavy (non-hydrogen) atoms. The highest BCUT2D eigenvalue weighted by molar-refractivity contribution is 6.17. The van der Waals surface area contributed by atoms with Crippen molar-refractivity contribution in [2.45, 2.75) is 25.1 Å². The third kappa shape index (κ3) is 3.97. The van der Waals surface area contributed by atoms with Gasteiger partial charge < -0.3 is 10.2 Å². The number of amides is 2. The van der Waals surface area contributed by atoms with E-state index < -0.39 is 0 Å². The van der Waals surface area contributed by atoms with Crippen LogP contribution in [0.5, 0.6) is 0 Å². The van der Waals surface area contributed by atoms with Gasteiger partial charge in [-0.3, -0.25) is 9.59 Å². The van der Waals surface area contributed by atoms with E-state index in [0.29, 0.717) is 24.4 Å². The Bertz CT molecular complexity index is 491. The quantitative estimate of drug-likeness (QED) is 0.646. The zero-order chi connectivity index (χ0) is 14.4. The molecule has 1 saturated heterocycles. The standard InChI is InChI=1S/C15H19ClN2O2/c16-11-12-4-1-5-13(10-12)15(20)17-7-3-9-18-8-2-6-14(18)19/h1,4-5,10H,2-3,6-9,11H2,(H,17,20). The number of alkyl halides is 1. The summed E-state index contributed by atoms with van der Waals surface area (Å²) in [6, 6.07) is 7.29. The Morgan fingerprint density at radius 3 is 2.95 bits per heavy atom. The van der Waals surface area contributed by atoms with E-state index in [1.165, 1.54) is 0 Å². The Morgan fingerprint density at radius 1 is 1.40 bits per heavy atom. The van der Waals surface area contributed by atoms with E-state index in [2.05, 4.69) is 5.32 Å². The van der Waals surface area contributed by atoms with Crippen LogP contribution in [0.3, 0.4) is 0 Å². The Kier molecular flexibility index (Phi) is 5.41. The Morgan fingerprint density at radius 2 is 2.25 bits per heavy atom. The van der Waals surface area contributed by atoms with Crippen LogP contribution in [0, 0.1) is 0 Å². The SMILES string of the molecule is O=C(NCCCN1CCCC1=O)c1cccc(CCl)c1. The maximum Gasteiger partial charge on any atom is 0.251 e. The molecule has 1 fully saturated rings. The lowest BCUT2D eigenvalue weighted by molar-refractivity contribution is -0.127. The van der Waals surface area contributed by atoms with Crippen molar-refractivity contribution in [3.63, 3.8) is 0 Å². The molecule has 0 saturated carbocycles. The molecule has 0 spiro atoms. The molecule has 0 atom stereocenters. The van der Waals surface area contributed by atoms with Crippen molar-refractivity contribution in [2.75, 3.05) is 19.6 Å². The summed E-state index contributed by atoms with van der Waals surface area (Å²) in [7, 11) is 0. The number of hydrogen-bond acceptors (Lipinski definition) is 2. The monoisotopic (exact) mass is 294 g/mol. The second-order valence-corrected chi connectivity index (χ2v) is 5.20. The number of rotatable bonds is 6. The van der Waals surface area contributed by atoms with Crippen LogP contribution in [0.15, 0.2) is 24.3 Å². The largest absolute Gasteiger partial charge is 0.352 e. The number of carbonyl (C=O) groups excluding carboxylic acids is 2. The van der Waals surface area contributed by atoms with Crippen molar-refractivity contribution in [1.82, 2.24) is 10.2 Å². The lowest BCUT2D eigenvalue weighted by Gasteiger charge is -2.15. The second kappa shape index (κ2) is 7.29. The van der Waals surface area contributed by atoms with Crippen molar-refractivity contribution < 1.29 is 9.59 Å². The van der Waals surface area contributed by atoms with Gasteiger partial charge in [0.05, 0.1) is 0 Å². The molecule has 108 valence electrons. The average molecular weight is 295 g/mol. The van der Waals surface area contributed by atoms with Gasteiger partial charge in [-0.2, -0.15) is 0 Å². The summed E-state index contributed by atoms with van der Waals surface area (Å²) in [6.07, 6.45) is 2.40. The molecule has 0 radical (unpaired) electrons. The van der Waals surface area contributed by atoms with Crippen molar-refractivity contribution in [3.8, 4) is 0 Å². The fourth-order valence-electron chi connectivity index (χ4n) is 2.31. The van der Waals surface area contributed by atoms with Gasteiger partial charge in [0, 0.05) is 37.5 Å². The average Bonchev–Trinajstić information content (AvgIpc) is 2.89. The van der Waals surface area contributed by atoms with Gasteiger partial charge in [-0.25, -0.2) is 0 Å². The summed E-state index contributed by atoms with van der Waals surface area (Å²) >= 11 is 5.75. The maximum absolute atomic E-state index is 11.9. The van der Waals surface area contributed by atoms with E-state index >= 15 is 0 Å². The first-order valence-corrected chi connectivity index (χ1v) is 7.45. The van der Waals surface area contributed by atoms with E-state index in [0.717, 1.165) is 31.5 Å². The van der Waals surface area contributed by atoms with E-state index in [-0.39, 0.29) is 11.8 Å². The highest BCUT2D eigenvalue weighted by Gasteiger charge is 2.19. The van der Waals surface area contributed by atoms with Crippen LogP contribution >= 0.6 is 11.6 Å². The molecular formula is C15H19ClN2O2. The van der Waals surface area contributed by atoms with E-state index in [9.17, 15) is 9.59 Å². The molecule has 1 heterocycles. The fourth-order valence-corrected chi connectivity index (χ4v) is 2.48. The normalized spacial score (nSPS) is 14.7. The Hall–Kier alpha value is -1.55. The highest BCUT2D eigenvalue weighted by atomic mass is 35.5. The van der Waals surface area contributed by atoms with Gasteiger partial charge >= 0.3 is 0 Å². The first-order valence-electron chi connectivity index (χ1n) is 6.91. The minimum Gasteiger partial charge on any atom is -0.352 e. The van der Waals surface area contributed by atoms with Gasteiger partial charge in [0.25, 0.3) is 5.91 Å². The zero-order valence-corrected chi connectivity index (χ0v) is 12.2. The lowest BCUT2D eigenvalue weighted by Crippen LogP contribution is -2.30. The number of carbonyl (C=O) groups is 2. The summed E-state index contributed by atoms with van der Waals surface area (Å²) in [5, 5.41) is 2.87. The molecule has 1 aliphatic rings. The predicted octanol–water partition coefficient (Wildman–Crippen LogP) is 2.17. The van der Waals surface area contributed by atoms with Crippen LogP contribution in [-0.4, -0.2) is 36.3 Å². The third-order valence-corrected chi connectivity index (χ3v) is 3.71. The van der Waals surface area contributed by atoms with Crippen molar-refractivity contribution >= 4 is 23.4 Å². The smallest absolute Gasteiger partial charge is 0.251 e. The molecule has 0 aromatic heterocycles. The van der Waals surface area contributed by atoms with Crippen LogP contribution in [0.2, 0.25) is 0 Å². The predicted molar refractivity (Wildman–Crippen MR) is 78.8 cm³/mol. The number of hydrogen-bond donors (Lipinski definition) is 1. The first kappa shape index (κ1) is 14.9. The highest BCUT2D eigenvalue weighted by Crippen LogP contribution is 2.10. The van der Waals surface area contributed by atoms with Crippen LogP contribution in [0.4, 0.5) is 0 Å². The summed E-state index contributed by atoms with van der Waals surface area (Å²) in [5.41, 5.74) is 1.56. The molecule has 4 nitrogen and oxygen atoms in total. The zero-order valence-electron chi connectivity index (χ0n) is 11.4. The fraction of sp³-hybridized carbons (Fsp3) is 0.467. The third-order valence-electron chi connectivity index (χ3n) is 3.41. The van der Waals surface area contributed by atoms with Gasteiger partial charge in [0.2, 0.25) is 5.91 Å². The number of benzene rings is 1. The van der Waals surface area contributed by atoms with Crippen molar-refractivity contribution in [1.29, 1.82) is 0 Å². The van der Waals surface area contributed by atoms with Crippen LogP contribution in [-0.2, 0) is 10.7 Å². The summed E-state index contributed by atoms with van der Waals surface area (Å²) < 4.78 is 0.